The summed E-state index contributed by atoms with van der Waals surface area (Å²) in [7, 11) is 0. The standard InChI is InChI=1S/C17H13ClFNO/c18-12-6-8-15(19)14(9-12)17(21)10-13-7-5-11-3-1-2-4-16(11)20-13/h1-9,17,21H,10H2. The first kappa shape index (κ1) is 14.0. The number of para-hydroxylation sites is 1. The van der Waals surface area contributed by atoms with E-state index in [4.69, 9.17) is 11.6 Å². The number of pyridine rings is 1. The largest absolute Gasteiger partial charge is 0.388 e. The minimum Gasteiger partial charge on any atom is -0.388 e. The van der Waals surface area contributed by atoms with Gasteiger partial charge < -0.3 is 5.11 Å². The first-order valence-electron chi connectivity index (χ1n) is 6.61. The molecular formula is C17H13ClFNO. The Morgan fingerprint density at radius 3 is 2.76 bits per heavy atom. The van der Waals surface area contributed by atoms with Crippen molar-refractivity contribution in [1.29, 1.82) is 0 Å². The van der Waals surface area contributed by atoms with Crippen molar-refractivity contribution in [3.8, 4) is 0 Å². The number of aliphatic hydroxyl groups is 1. The smallest absolute Gasteiger partial charge is 0.129 e. The number of nitrogens with zero attached hydrogens (tertiary/aromatic N) is 1. The van der Waals surface area contributed by atoms with E-state index in [0.717, 1.165) is 10.9 Å². The first-order chi connectivity index (χ1) is 10.1. The Morgan fingerprint density at radius 1 is 1.10 bits per heavy atom. The van der Waals surface area contributed by atoms with Gasteiger partial charge in [0, 0.05) is 28.1 Å². The van der Waals surface area contributed by atoms with Crippen molar-refractivity contribution in [2.45, 2.75) is 12.5 Å². The number of fused-ring (bicyclic) bond motifs is 1. The number of rotatable bonds is 3. The van der Waals surface area contributed by atoms with Gasteiger partial charge in [-0.3, -0.25) is 4.98 Å². The molecule has 1 unspecified atom stereocenters. The second kappa shape index (κ2) is 5.80. The van der Waals surface area contributed by atoms with E-state index >= 15 is 0 Å². The van der Waals surface area contributed by atoms with Crippen LogP contribution in [0.25, 0.3) is 10.9 Å². The highest BCUT2D eigenvalue weighted by Crippen LogP contribution is 2.24. The number of benzene rings is 2. The second-order valence-corrected chi connectivity index (χ2v) is 5.32. The molecule has 106 valence electrons. The Morgan fingerprint density at radius 2 is 1.90 bits per heavy atom. The molecule has 0 spiro atoms. The van der Waals surface area contributed by atoms with Crippen LogP contribution in [0.4, 0.5) is 4.39 Å². The molecule has 0 bridgehead atoms. The number of hydrogen-bond donors (Lipinski definition) is 1. The molecule has 1 heterocycles. The zero-order valence-corrected chi connectivity index (χ0v) is 11.9. The van der Waals surface area contributed by atoms with Crippen LogP contribution >= 0.6 is 11.6 Å². The summed E-state index contributed by atoms with van der Waals surface area (Å²) in [5.41, 5.74) is 1.76. The summed E-state index contributed by atoms with van der Waals surface area (Å²) in [5.74, 6) is -0.465. The zero-order valence-electron chi connectivity index (χ0n) is 11.1. The first-order valence-corrected chi connectivity index (χ1v) is 6.99. The van der Waals surface area contributed by atoms with Crippen molar-refractivity contribution in [2.75, 3.05) is 0 Å². The molecule has 0 saturated carbocycles. The van der Waals surface area contributed by atoms with E-state index in [2.05, 4.69) is 4.98 Å². The number of halogens is 2. The summed E-state index contributed by atoms with van der Waals surface area (Å²) in [4.78, 5) is 4.48. The molecule has 0 amide bonds. The molecule has 2 nitrogen and oxygen atoms in total. The van der Waals surface area contributed by atoms with Gasteiger partial charge in [0.25, 0.3) is 0 Å². The second-order valence-electron chi connectivity index (χ2n) is 4.88. The lowest BCUT2D eigenvalue weighted by molar-refractivity contribution is 0.172. The molecule has 0 aliphatic rings. The van der Waals surface area contributed by atoms with Crippen LogP contribution in [0.5, 0.6) is 0 Å². The maximum Gasteiger partial charge on any atom is 0.129 e. The summed E-state index contributed by atoms with van der Waals surface area (Å²) < 4.78 is 13.7. The van der Waals surface area contributed by atoms with Gasteiger partial charge in [0.15, 0.2) is 0 Å². The van der Waals surface area contributed by atoms with Gasteiger partial charge in [0.2, 0.25) is 0 Å². The van der Waals surface area contributed by atoms with Crippen molar-refractivity contribution in [2.24, 2.45) is 0 Å². The fourth-order valence-electron chi connectivity index (χ4n) is 2.30. The highest BCUT2D eigenvalue weighted by atomic mass is 35.5. The molecule has 1 atom stereocenters. The van der Waals surface area contributed by atoms with Gasteiger partial charge in [-0.2, -0.15) is 0 Å². The third-order valence-corrected chi connectivity index (χ3v) is 3.61. The van der Waals surface area contributed by atoms with Crippen LogP contribution in [0.2, 0.25) is 5.02 Å². The number of aliphatic hydroxyl groups excluding tert-OH is 1. The molecule has 2 aromatic carbocycles. The quantitative estimate of drug-likeness (QED) is 0.782. The van der Waals surface area contributed by atoms with Gasteiger partial charge in [-0.15, -0.1) is 0 Å². The van der Waals surface area contributed by atoms with E-state index in [9.17, 15) is 9.50 Å². The monoisotopic (exact) mass is 301 g/mol. The Bertz CT molecular complexity index is 791. The van der Waals surface area contributed by atoms with Crippen molar-refractivity contribution in [1.82, 2.24) is 4.98 Å². The van der Waals surface area contributed by atoms with Gasteiger partial charge in [0.1, 0.15) is 5.82 Å². The average Bonchev–Trinajstić information content (AvgIpc) is 2.49. The highest BCUT2D eigenvalue weighted by Gasteiger charge is 2.15. The lowest BCUT2D eigenvalue weighted by Gasteiger charge is -2.12. The third-order valence-electron chi connectivity index (χ3n) is 3.38. The molecule has 0 saturated heterocycles. The van der Waals surface area contributed by atoms with Gasteiger partial charge in [-0.25, -0.2) is 4.39 Å². The number of hydrogen-bond acceptors (Lipinski definition) is 2. The van der Waals surface area contributed by atoms with Crippen molar-refractivity contribution < 1.29 is 9.50 Å². The van der Waals surface area contributed by atoms with E-state index in [1.807, 2.05) is 36.4 Å². The maximum atomic E-state index is 13.7. The van der Waals surface area contributed by atoms with Gasteiger partial charge in [-0.1, -0.05) is 35.9 Å². The number of aromatic nitrogens is 1. The van der Waals surface area contributed by atoms with E-state index < -0.39 is 11.9 Å². The fourth-order valence-corrected chi connectivity index (χ4v) is 2.48. The molecule has 0 aliphatic heterocycles. The van der Waals surface area contributed by atoms with E-state index in [0.29, 0.717) is 10.7 Å². The molecule has 0 radical (unpaired) electrons. The van der Waals surface area contributed by atoms with E-state index in [1.165, 1.54) is 18.2 Å². The maximum absolute atomic E-state index is 13.7. The average molecular weight is 302 g/mol. The molecule has 21 heavy (non-hydrogen) atoms. The van der Waals surface area contributed by atoms with Crippen LogP contribution in [-0.4, -0.2) is 10.1 Å². The Labute approximate surface area is 126 Å². The summed E-state index contributed by atoms with van der Waals surface area (Å²) in [6, 6.07) is 15.7. The summed E-state index contributed by atoms with van der Waals surface area (Å²) in [6.45, 7) is 0. The predicted molar refractivity (Wildman–Crippen MR) is 81.8 cm³/mol. The minimum absolute atomic E-state index is 0.192. The molecule has 4 heteroatoms. The molecule has 1 aromatic heterocycles. The topological polar surface area (TPSA) is 33.1 Å². The normalized spacial score (nSPS) is 12.5. The van der Waals surface area contributed by atoms with Gasteiger partial charge in [0.05, 0.1) is 11.6 Å². The van der Waals surface area contributed by atoms with Gasteiger partial charge in [-0.05, 0) is 30.3 Å². The van der Waals surface area contributed by atoms with Crippen LogP contribution in [0.15, 0.2) is 54.6 Å². The van der Waals surface area contributed by atoms with Gasteiger partial charge >= 0.3 is 0 Å². The predicted octanol–water partition coefficient (Wildman–Crippen LogP) is 4.30. The van der Waals surface area contributed by atoms with E-state index in [1.54, 1.807) is 0 Å². The molecule has 1 N–H and O–H groups in total. The van der Waals surface area contributed by atoms with E-state index in [-0.39, 0.29) is 12.0 Å². The highest BCUT2D eigenvalue weighted by molar-refractivity contribution is 6.30. The third kappa shape index (κ3) is 3.04. The van der Waals surface area contributed by atoms with Crippen LogP contribution in [0.1, 0.15) is 17.4 Å². The van der Waals surface area contributed by atoms with Crippen LogP contribution in [0.3, 0.4) is 0 Å². The Hall–Kier alpha value is -1.97. The molecule has 0 fully saturated rings. The summed E-state index contributed by atoms with van der Waals surface area (Å²) in [6.07, 6.45) is -0.736. The summed E-state index contributed by atoms with van der Waals surface area (Å²) in [5, 5.41) is 11.6. The molecule has 3 rings (SSSR count). The van der Waals surface area contributed by atoms with Crippen LogP contribution in [0, 0.1) is 5.82 Å². The molecule has 0 aliphatic carbocycles. The van der Waals surface area contributed by atoms with Crippen LogP contribution < -0.4 is 0 Å². The van der Waals surface area contributed by atoms with Crippen LogP contribution in [-0.2, 0) is 6.42 Å². The molecule has 3 aromatic rings. The lowest BCUT2D eigenvalue weighted by Crippen LogP contribution is -2.05. The zero-order chi connectivity index (χ0) is 14.8. The van der Waals surface area contributed by atoms with Crippen molar-refractivity contribution >= 4 is 22.5 Å². The minimum atomic E-state index is -0.975. The molecular weight excluding hydrogens is 289 g/mol. The van der Waals surface area contributed by atoms with Crippen molar-refractivity contribution in [3.63, 3.8) is 0 Å². The fraction of sp³-hybridized carbons (Fsp3) is 0.118. The SMILES string of the molecule is OC(Cc1ccc2ccccc2n1)c1cc(Cl)ccc1F. The summed E-state index contributed by atoms with van der Waals surface area (Å²) >= 11 is 5.85. The lowest BCUT2D eigenvalue weighted by atomic mass is 10.0. The van der Waals surface area contributed by atoms with Crippen molar-refractivity contribution in [3.05, 3.63) is 76.7 Å². The Kier molecular flexibility index (Phi) is 3.86. The Balaban J connectivity index is 1.88.